The van der Waals surface area contributed by atoms with Gasteiger partial charge in [-0.1, -0.05) is 6.92 Å². The molecule has 1 saturated carbocycles. The Morgan fingerprint density at radius 2 is 2.00 bits per heavy atom. The maximum atomic E-state index is 12.1. The summed E-state index contributed by atoms with van der Waals surface area (Å²) in [6.07, 6.45) is 6.92. The van der Waals surface area contributed by atoms with E-state index in [0.29, 0.717) is 6.04 Å². The van der Waals surface area contributed by atoms with E-state index in [9.17, 15) is 4.79 Å². The molecule has 1 aliphatic carbocycles. The predicted molar refractivity (Wildman–Crippen MR) is 65.2 cm³/mol. The Morgan fingerprint density at radius 1 is 1.31 bits per heavy atom. The molecule has 2 aliphatic rings. The van der Waals surface area contributed by atoms with E-state index in [0.717, 1.165) is 38.1 Å². The van der Waals surface area contributed by atoms with Gasteiger partial charge in [-0.2, -0.15) is 0 Å². The van der Waals surface area contributed by atoms with Crippen LogP contribution in [0, 0.1) is 5.92 Å². The highest BCUT2D eigenvalue weighted by molar-refractivity contribution is 5.86. The molecule has 0 bridgehead atoms. The number of hydrogen-bond donors (Lipinski definition) is 2. The normalized spacial score (nSPS) is 39.6. The second-order valence-electron chi connectivity index (χ2n) is 5.79. The number of carbonyl (C=O) groups is 1. The Labute approximate surface area is 98.4 Å². The van der Waals surface area contributed by atoms with Crippen molar-refractivity contribution in [3.63, 3.8) is 0 Å². The third-order valence-electron chi connectivity index (χ3n) is 4.22. The van der Waals surface area contributed by atoms with E-state index in [4.69, 9.17) is 0 Å². The molecule has 3 heteroatoms. The van der Waals surface area contributed by atoms with Crippen LogP contribution in [0.3, 0.4) is 0 Å². The van der Waals surface area contributed by atoms with Crippen molar-refractivity contribution in [3.8, 4) is 0 Å². The molecule has 1 aliphatic heterocycles. The van der Waals surface area contributed by atoms with E-state index >= 15 is 0 Å². The van der Waals surface area contributed by atoms with Crippen LogP contribution >= 0.6 is 0 Å². The van der Waals surface area contributed by atoms with Gasteiger partial charge in [-0.05, 0) is 57.9 Å². The molecule has 1 unspecified atom stereocenters. The first-order valence-corrected chi connectivity index (χ1v) is 6.66. The van der Waals surface area contributed by atoms with Crippen LogP contribution in [0.2, 0.25) is 0 Å². The molecule has 1 heterocycles. The van der Waals surface area contributed by atoms with Crippen molar-refractivity contribution in [2.24, 2.45) is 5.92 Å². The smallest absolute Gasteiger partial charge is 0.240 e. The first kappa shape index (κ1) is 11.9. The monoisotopic (exact) mass is 224 g/mol. The van der Waals surface area contributed by atoms with Crippen molar-refractivity contribution in [2.75, 3.05) is 6.54 Å². The summed E-state index contributed by atoms with van der Waals surface area (Å²) in [6.45, 7) is 5.31. The molecule has 1 atom stereocenters. The number of hydrogen-bond acceptors (Lipinski definition) is 2. The van der Waals surface area contributed by atoms with Gasteiger partial charge in [0.15, 0.2) is 0 Å². The summed E-state index contributed by atoms with van der Waals surface area (Å²) >= 11 is 0. The largest absolute Gasteiger partial charge is 0.352 e. The zero-order valence-electron chi connectivity index (χ0n) is 10.5. The Morgan fingerprint density at radius 3 is 2.56 bits per heavy atom. The molecule has 0 spiro atoms. The van der Waals surface area contributed by atoms with Crippen molar-refractivity contribution < 1.29 is 4.79 Å². The summed E-state index contributed by atoms with van der Waals surface area (Å²) in [5.74, 6) is 1.05. The molecule has 2 rings (SSSR count). The molecule has 0 aromatic carbocycles. The number of carbonyl (C=O) groups excluding carboxylic acids is 1. The van der Waals surface area contributed by atoms with Crippen molar-refractivity contribution in [1.29, 1.82) is 0 Å². The van der Waals surface area contributed by atoms with Crippen molar-refractivity contribution in [1.82, 2.24) is 10.6 Å². The Hall–Kier alpha value is -0.570. The lowest BCUT2D eigenvalue weighted by molar-refractivity contribution is -0.127. The quantitative estimate of drug-likeness (QED) is 0.751. The lowest BCUT2D eigenvalue weighted by Gasteiger charge is -2.31. The first-order chi connectivity index (χ1) is 7.60. The van der Waals surface area contributed by atoms with Crippen LogP contribution in [-0.2, 0) is 4.79 Å². The Balaban J connectivity index is 1.83. The van der Waals surface area contributed by atoms with Crippen LogP contribution < -0.4 is 10.6 Å². The van der Waals surface area contributed by atoms with E-state index in [1.54, 1.807) is 0 Å². The van der Waals surface area contributed by atoms with Gasteiger partial charge in [0.05, 0.1) is 5.54 Å². The van der Waals surface area contributed by atoms with E-state index in [1.165, 1.54) is 12.8 Å². The molecule has 1 saturated heterocycles. The Kier molecular flexibility index (Phi) is 3.53. The van der Waals surface area contributed by atoms with Gasteiger partial charge in [0.1, 0.15) is 0 Å². The summed E-state index contributed by atoms with van der Waals surface area (Å²) in [6, 6.07) is 0.419. The van der Waals surface area contributed by atoms with Crippen LogP contribution in [0.15, 0.2) is 0 Å². The minimum atomic E-state index is -0.303. The number of amides is 1. The second kappa shape index (κ2) is 4.74. The van der Waals surface area contributed by atoms with Gasteiger partial charge in [0.2, 0.25) is 5.91 Å². The zero-order chi connectivity index (χ0) is 11.6. The van der Waals surface area contributed by atoms with Crippen LogP contribution in [0.25, 0.3) is 0 Å². The fourth-order valence-corrected chi connectivity index (χ4v) is 2.84. The summed E-state index contributed by atoms with van der Waals surface area (Å²) < 4.78 is 0. The van der Waals surface area contributed by atoms with Crippen LogP contribution in [-0.4, -0.2) is 24.0 Å². The number of rotatable bonds is 2. The van der Waals surface area contributed by atoms with Crippen molar-refractivity contribution in [3.05, 3.63) is 0 Å². The molecular weight excluding hydrogens is 200 g/mol. The molecule has 0 radical (unpaired) electrons. The topological polar surface area (TPSA) is 41.1 Å². The van der Waals surface area contributed by atoms with Crippen LogP contribution in [0.5, 0.6) is 0 Å². The van der Waals surface area contributed by atoms with Crippen LogP contribution in [0.4, 0.5) is 0 Å². The average Bonchev–Trinajstić information content (AvgIpc) is 2.70. The highest BCUT2D eigenvalue weighted by atomic mass is 16.2. The molecule has 0 aromatic rings. The lowest BCUT2D eigenvalue weighted by Crippen LogP contribution is -2.54. The van der Waals surface area contributed by atoms with Gasteiger partial charge < -0.3 is 10.6 Å². The standard InChI is InChI=1S/C13H24N2O/c1-10-4-6-11(7-5-10)15-12(16)13(2)8-3-9-14-13/h10-11,14H,3-9H2,1-2H3,(H,15,16). The third-order valence-corrected chi connectivity index (χ3v) is 4.22. The Bertz CT molecular complexity index is 251. The van der Waals surface area contributed by atoms with E-state index in [2.05, 4.69) is 17.6 Å². The fraction of sp³-hybridized carbons (Fsp3) is 0.923. The van der Waals surface area contributed by atoms with Crippen molar-refractivity contribution in [2.45, 2.75) is 64.0 Å². The number of nitrogens with one attached hydrogen (secondary N) is 2. The molecule has 3 nitrogen and oxygen atoms in total. The van der Waals surface area contributed by atoms with Gasteiger partial charge in [-0.25, -0.2) is 0 Å². The van der Waals surface area contributed by atoms with Crippen molar-refractivity contribution >= 4 is 5.91 Å². The van der Waals surface area contributed by atoms with Crippen LogP contribution in [0.1, 0.15) is 52.4 Å². The minimum Gasteiger partial charge on any atom is -0.352 e. The molecule has 2 fully saturated rings. The molecule has 2 N–H and O–H groups in total. The second-order valence-corrected chi connectivity index (χ2v) is 5.79. The third kappa shape index (κ3) is 2.57. The summed E-state index contributed by atoms with van der Waals surface area (Å²) in [7, 11) is 0. The molecule has 0 aromatic heterocycles. The highest BCUT2D eigenvalue weighted by Gasteiger charge is 2.36. The maximum absolute atomic E-state index is 12.1. The van der Waals surface area contributed by atoms with Gasteiger partial charge in [0, 0.05) is 6.04 Å². The first-order valence-electron chi connectivity index (χ1n) is 6.66. The maximum Gasteiger partial charge on any atom is 0.240 e. The van der Waals surface area contributed by atoms with Gasteiger partial charge in [-0.3, -0.25) is 4.79 Å². The van der Waals surface area contributed by atoms with Gasteiger partial charge in [-0.15, -0.1) is 0 Å². The van der Waals surface area contributed by atoms with E-state index in [1.807, 2.05) is 6.92 Å². The van der Waals surface area contributed by atoms with E-state index < -0.39 is 0 Å². The zero-order valence-corrected chi connectivity index (χ0v) is 10.5. The minimum absolute atomic E-state index is 0.213. The lowest BCUT2D eigenvalue weighted by atomic mass is 9.87. The average molecular weight is 224 g/mol. The molecule has 1 amide bonds. The summed E-state index contributed by atoms with van der Waals surface area (Å²) in [5, 5.41) is 6.54. The van der Waals surface area contributed by atoms with Gasteiger partial charge >= 0.3 is 0 Å². The van der Waals surface area contributed by atoms with Gasteiger partial charge in [0.25, 0.3) is 0 Å². The fourth-order valence-electron chi connectivity index (χ4n) is 2.84. The summed E-state index contributed by atoms with van der Waals surface area (Å²) in [4.78, 5) is 12.1. The molecule has 16 heavy (non-hydrogen) atoms. The SMILES string of the molecule is CC1CCC(NC(=O)C2(C)CCCN2)CC1. The molecule has 92 valence electrons. The van der Waals surface area contributed by atoms with E-state index in [-0.39, 0.29) is 11.4 Å². The predicted octanol–water partition coefficient (Wildman–Crippen LogP) is 1.82. The highest BCUT2D eigenvalue weighted by Crippen LogP contribution is 2.25. The summed E-state index contributed by atoms with van der Waals surface area (Å²) in [5.41, 5.74) is -0.303. The molecular formula is C13H24N2O.